The average Bonchev–Trinajstić information content (AvgIpc) is 3.09. The fourth-order valence-corrected chi connectivity index (χ4v) is 3.25. The summed E-state index contributed by atoms with van der Waals surface area (Å²) in [4.78, 5) is 15.1. The van der Waals surface area contributed by atoms with Gasteiger partial charge in [0.05, 0.1) is 12.6 Å². The minimum absolute atomic E-state index is 0.125. The number of carbonyl (C=O) groups excluding carboxylic acids is 1. The molecule has 1 atom stereocenters. The van der Waals surface area contributed by atoms with E-state index in [0.717, 1.165) is 4.88 Å². The van der Waals surface area contributed by atoms with Crippen LogP contribution >= 0.6 is 22.7 Å². The van der Waals surface area contributed by atoms with Crippen LogP contribution in [0.4, 0.5) is 4.79 Å². The van der Waals surface area contributed by atoms with Crippen molar-refractivity contribution >= 4 is 28.7 Å². The van der Waals surface area contributed by atoms with Gasteiger partial charge in [-0.05, 0) is 47.9 Å². The maximum absolute atomic E-state index is 11.8. The molecule has 4 nitrogen and oxygen atoms in total. The zero-order valence-electron chi connectivity index (χ0n) is 11.6. The Morgan fingerprint density at radius 2 is 2.15 bits per heavy atom. The van der Waals surface area contributed by atoms with E-state index in [2.05, 4.69) is 32.4 Å². The molecule has 2 rings (SSSR count). The van der Waals surface area contributed by atoms with E-state index in [4.69, 9.17) is 0 Å². The molecular formula is C14H19N3OS2. The van der Waals surface area contributed by atoms with Crippen molar-refractivity contribution in [1.29, 1.82) is 0 Å². The number of likely N-dealkylation sites (N-methyl/N-ethyl adjacent to an activating group) is 1. The van der Waals surface area contributed by atoms with Crippen molar-refractivity contribution in [2.45, 2.75) is 12.6 Å². The van der Waals surface area contributed by atoms with E-state index in [9.17, 15) is 4.79 Å². The molecule has 108 valence electrons. The highest BCUT2D eigenvalue weighted by molar-refractivity contribution is 7.09. The second-order valence-corrected chi connectivity index (χ2v) is 6.49. The summed E-state index contributed by atoms with van der Waals surface area (Å²) >= 11 is 3.32. The molecule has 0 bridgehead atoms. The van der Waals surface area contributed by atoms with Crippen LogP contribution in [0, 0.1) is 0 Å². The minimum Gasteiger partial charge on any atom is -0.336 e. The molecule has 2 amide bonds. The van der Waals surface area contributed by atoms with Gasteiger partial charge in [0.2, 0.25) is 0 Å². The fourth-order valence-electron chi connectivity index (χ4n) is 1.90. The van der Waals surface area contributed by atoms with Crippen molar-refractivity contribution in [1.82, 2.24) is 15.5 Å². The summed E-state index contributed by atoms with van der Waals surface area (Å²) in [5, 5.41) is 12.0. The fraction of sp³-hybridized carbons (Fsp3) is 0.357. The third-order valence-electron chi connectivity index (χ3n) is 3.01. The first-order valence-corrected chi connectivity index (χ1v) is 8.21. The summed E-state index contributed by atoms with van der Waals surface area (Å²) in [5.41, 5.74) is 1.23. The van der Waals surface area contributed by atoms with Crippen molar-refractivity contribution < 1.29 is 4.79 Å². The Hall–Kier alpha value is -1.37. The molecule has 0 unspecified atom stereocenters. The molecule has 0 aliphatic rings. The summed E-state index contributed by atoms with van der Waals surface area (Å²) in [7, 11) is 4.04. The van der Waals surface area contributed by atoms with Gasteiger partial charge in [-0.15, -0.1) is 11.3 Å². The van der Waals surface area contributed by atoms with Crippen LogP contribution in [0.15, 0.2) is 34.3 Å². The van der Waals surface area contributed by atoms with Crippen molar-refractivity contribution in [3.8, 4) is 0 Å². The molecule has 2 aromatic heterocycles. The number of rotatable bonds is 6. The molecule has 20 heavy (non-hydrogen) atoms. The molecule has 0 saturated heterocycles. The lowest BCUT2D eigenvalue weighted by Crippen LogP contribution is -2.40. The Morgan fingerprint density at radius 3 is 2.75 bits per heavy atom. The quantitative estimate of drug-likeness (QED) is 0.862. The lowest BCUT2D eigenvalue weighted by Gasteiger charge is -2.24. The van der Waals surface area contributed by atoms with Gasteiger partial charge in [-0.25, -0.2) is 4.79 Å². The summed E-state index contributed by atoms with van der Waals surface area (Å²) in [5.74, 6) is 0. The number of nitrogens with one attached hydrogen (secondary N) is 2. The monoisotopic (exact) mass is 309 g/mol. The van der Waals surface area contributed by atoms with Crippen LogP contribution < -0.4 is 10.6 Å². The number of amides is 2. The summed E-state index contributed by atoms with van der Waals surface area (Å²) in [6.07, 6.45) is 0. The zero-order valence-corrected chi connectivity index (χ0v) is 13.3. The first kappa shape index (κ1) is 15.0. The largest absolute Gasteiger partial charge is 0.336 e. The van der Waals surface area contributed by atoms with E-state index in [1.807, 2.05) is 31.6 Å². The smallest absolute Gasteiger partial charge is 0.315 e. The van der Waals surface area contributed by atoms with Gasteiger partial charge in [0.1, 0.15) is 0 Å². The van der Waals surface area contributed by atoms with E-state index in [1.54, 1.807) is 22.7 Å². The first-order chi connectivity index (χ1) is 9.66. The van der Waals surface area contributed by atoms with E-state index in [0.29, 0.717) is 13.1 Å². The molecule has 0 spiro atoms. The van der Waals surface area contributed by atoms with Crippen molar-refractivity contribution in [2.75, 3.05) is 20.6 Å². The van der Waals surface area contributed by atoms with Crippen LogP contribution in [-0.2, 0) is 6.54 Å². The maximum Gasteiger partial charge on any atom is 0.315 e. The highest BCUT2D eigenvalue weighted by Crippen LogP contribution is 2.19. The van der Waals surface area contributed by atoms with Gasteiger partial charge >= 0.3 is 6.03 Å². The number of hydrogen-bond donors (Lipinski definition) is 2. The summed E-state index contributed by atoms with van der Waals surface area (Å²) < 4.78 is 0. The molecular weight excluding hydrogens is 290 g/mol. The topological polar surface area (TPSA) is 44.4 Å². The van der Waals surface area contributed by atoms with Gasteiger partial charge in [0, 0.05) is 11.4 Å². The molecule has 0 radical (unpaired) electrons. The number of carbonyl (C=O) groups is 1. The van der Waals surface area contributed by atoms with E-state index in [-0.39, 0.29) is 12.1 Å². The van der Waals surface area contributed by atoms with Gasteiger partial charge in [0.15, 0.2) is 0 Å². The van der Waals surface area contributed by atoms with E-state index >= 15 is 0 Å². The molecule has 0 aliphatic carbocycles. The number of hydrogen-bond acceptors (Lipinski definition) is 4. The Bertz CT molecular complexity index is 509. The van der Waals surface area contributed by atoms with E-state index < -0.39 is 0 Å². The molecule has 0 saturated carbocycles. The molecule has 2 aromatic rings. The lowest BCUT2D eigenvalue weighted by molar-refractivity contribution is 0.232. The van der Waals surface area contributed by atoms with Crippen molar-refractivity contribution in [3.63, 3.8) is 0 Å². The predicted molar refractivity (Wildman–Crippen MR) is 85.3 cm³/mol. The van der Waals surface area contributed by atoms with Gasteiger partial charge in [-0.1, -0.05) is 6.07 Å². The second kappa shape index (κ2) is 7.42. The summed E-state index contributed by atoms with van der Waals surface area (Å²) in [6, 6.07) is 6.17. The van der Waals surface area contributed by atoms with Crippen molar-refractivity contribution in [3.05, 3.63) is 44.8 Å². The van der Waals surface area contributed by atoms with E-state index in [1.165, 1.54) is 5.56 Å². The van der Waals surface area contributed by atoms with Crippen LogP contribution in [0.5, 0.6) is 0 Å². The number of urea groups is 1. The molecule has 0 fully saturated rings. The molecule has 0 aliphatic heterocycles. The molecule has 2 heterocycles. The highest BCUT2D eigenvalue weighted by atomic mass is 32.1. The molecule has 0 aromatic carbocycles. The van der Waals surface area contributed by atoms with Gasteiger partial charge < -0.3 is 15.5 Å². The first-order valence-electron chi connectivity index (χ1n) is 6.39. The standard InChI is InChI=1S/C14H19N3OS2/c1-17(2)13(11-5-7-19-10-11)9-16-14(18)15-8-12-4-3-6-20-12/h3-7,10,13H,8-9H2,1-2H3,(H2,15,16,18)/t13-/m1/s1. The van der Waals surface area contributed by atoms with Crippen LogP contribution in [0.3, 0.4) is 0 Å². The van der Waals surface area contributed by atoms with Crippen molar-refractivity contribution in [2.24, 2.45) is 0 Å². The van der Waals surface area contributed by atoms with Crippen LogP contribution in [0.1, 0.15) is 16.5 Å². The van der Waals surface area contributed by atoms with Crippen LogP contribution in [0.2, 0.25) is 0 Å². The molecule has 6 heteroatoms. The van der Waals surface area contributed by atoms with Gasteiger partial charge in [-0.3, -0.25) is 0 Å². The van der Waals surface area contributed by atoms with Gasteiger partial charge in [-0.2, -0.15) is 11.3 Å². The average molecular weight is 309 g/mol. The normalized spacial score (nSPS) is 12.3. The maximum atomic E-state index is 11.8. The summed E-state index contributed by atoms with van der Waals surface area (Å²) in [6.45, 7) is 1.18. The SMILES string of the molecule is CN(C)[C@H](CNC(=O)NCc1cccs1)c1ccsc1. The highest BCUT2D eigenvalue weighted by Gasteiger charge is 2.15. The zero-order chi connectivity index (χ0) is 14.4. The predicted octanol–water partition coefficient (Wildman–Crippen LogP) is 2.91. The lowest BCUT2D eigenvalue weighted by atomic mass is 10.1. The molecule has 2 N–H and O–H groups in total. The third kappa shape index (κ3) is 4.33. The Balaban J connectivity index is 1.79. The van der Waals surface area contributed by atoms with Crippen LogP contribution in [-0.4, -0.2) is 31.6 Å². The van der Waals surface area contributed by atoms with Crippen LogP contribution in [0.25, 0.3) is 0 Å². The Labute approximate surface area is 127 Å². The third-order valence-corrected chi connectivity index (χ3v) is 4.59. The Morgan fingerprint density at radius 1 is 1.30 bits per heavy atom. The number of nitrogens with zero attached hydrogens (tertiary/aromatic N) is 1. The Kier molecular flexibility index (Phi) is 5.58. The van der Waals surface area contributed by atoms with Gasteiger partial charge in [0.25, 0.3) is 0 Å². The number of thiophene rings is 2. The second-order valence-electron chi connectivity index (χ2n) is 4.68. The minimum atomic E-state index is -0.125.